The molecule has 2 rings (SSSR count). The molecule has 0 radical (unpaired) electrons. The predicted octanol–water partition coefficient (Wildman–Crippen LogP) is -1.59. The number of carbonyl (C=O) groups is 1. The third kappa shape index (κ3) is 3.20. The summed E-state index contributed by atoms with van der Waals surface area (Å²) >= 11 is 0. The number of aryl methyl sites for hydroxylation is 1. The van der Waals surface area contributed by atoms with Gasteiger partial charge in [-0.15, -0.1) is 0 Å². The van der Waals surface area contributed by atoms with E-state index in [2.05, 4.69) is 13.8 Å². The van der Waals surface area contributed by atoms with E-state index in [9.17, 15) is 4.79 Å². The Balaban J connectivity index is 0.00000144. The van der Waals surface area contributed by atoms with Crippen molar-refractivity contribution in [3.05, 3.63) is 18.7 Å². The zero-order valence-electron chi connectivity index (χ0n) is 10.6. The van der Waals surface area contributed by atoms with E-state index in [1.165, 1.54) is 6.42 Å². The van der Waals surface area contributed by atoms with Crippen LogP contribution in [0.4, 0.5) is 4.79 Å². The van der Waals surface area contributed by atoms with E-state index < -0.39 is 0 Å². The van der Waals surface area contributed by atoms with Crippen molar-refractivity contribution in [3.63, 3.8) is 0 Å². The molecule has 5 heteroatoms. The molecule has 2 unspecified atom stereocenters. The minimum absolute atomic E-state index is 0. The fraction of sp³-hybridized carbons (Fsp3) is 0.667. The van der Waals surface area contributed by atoms with Crippen LogP contribution < -0.4 is 28.5 Å². The number of likely N-dealkylation sites (tertiary alicyclic amines) is 1. The van der Waals surface area contributed by atoms with Gasteiger partial charge in [0.15, 0.2) is 0 Å². The molecule has 17 heavy (non-hydrogen) atoms. The van der Waals surface area contributed by atoms with Crippen LogP contribution in [-0.4, -0.2) is 28.1 Å². The Morgan fingerprint density at radius 1 is 1.35 bits per heavy atom. The van der Waals surface area contributed by atoms with Crippen molar-refractivity contribution in [1.82, 2.24) is 9.47 Å². The van der Waals surface area contributed by atoms with Gasteiger partial charge in [0, 0.05) is 12.6 Å². The van der Waals surface area contributed by atoms with E-state index in [0.29, 0.717) is 12.0 Å². The van der Waals surface area contributed by atoms with E-state index in [1.807, 2.05) is 35.2 Å². The Bertz CT molecular complexity index is 391. The molecule has 1 saturated heterocycles. The Labute approximate surface area is 120 Å². The molecule has 1 aromatic rings. The van der Waals surface area contributed by atoms with Crippen molar-refractivity contribution in [2.24, 2.45) is 13.0 Å². The summed E-state index contributed by atoms with van der Waals surface area (Å²) in [6.45, 7) is 5.22. The van der Waals surface area contributed by atoms with Crippen molar-refractivity contribution in [2.75, 3.05) is 6.54 Å². The second-order valence-electron chi connectivity index (χ2n) is 4.95. The second kappa shape index (κ2) is 5.84. The van der Waals surface area contributed by atoms with Gasteiger partial charge >= 0.3 is 6.03 Å². The number of aromatic nitrogens is 2. The average Bonchev–Trinajstić information content (AvgIpc) is 2.67. The molecule has 1 fully saturated rings. The molecule has 4 nitrogen and oxygen atoms in total. The SMILES string of the molecule is CC1CCC(C)N(C(=O)n2cc[n+](C)c2)C1.[I-]. The van der Waals surface area contributed by atoms with E-state index in [-0.39, 0.29) is 30.0 Å². The Hall–Kier alpha value is -0.590. The zero-order chi connectivity index (χ0) is 11.7. The number of hydrogen-bond donors (Lipinski definition) is 0. The van der Waals surface area contributed by atoms with Crippen molar-refractivity contribution in [1.29, 1.82) is 0 Å². The standard InChI is InChI=1S/C12H20N3O.HI/c1-10-4-5-11(2)15(8-10)12(16)14-7-6-13(3)9-14;/h6-7,9-11H,4-5,8H2,1-3H3;1H/q+1;/p-1. The quantitative estimate of drug-likeness (QED) is 0.410. The van der Waals surface area contributed by atoms with Gasteiger partial charge in [-0.2, -0.15) is 4.57 Å². The molecule has 1 amide bonds. The van der Waals surface area contributed by atoms with Crippen LogP contribution in [0.15, 0.2) is 18.7 Å². The molecule has 1 aliphatic heterocycles. The highest BCUT2D eigenvalue weighted by atomic mass is 127. The predicted molar refractivity (Wildman–Crippen MR) is 61.0 cm³/mol. The summed E-state index contributed by atoms with van der Waals surface area (Å²) in [6, 6.07) is 0.455. The van der Waals surface area contributed by atoms with Crippen molar-refractivity contribution < 1.29 is 33.3 Å². The van der Waals surface area contributed by atoms with Gasteiger partial charge < -0.3 is 28.9 Å². The zero-order valence-corrected chi connectivity index (χ0v) is 12.8. The van der Waals surface area contributed by atoms with Gasteiger partial charge in [0.05, 0.1) is 7.05 Å². The molecular formula is C12H20IN3O. The lowest BCUT2D eigenvalue weighted by Crippen LogP contribution is -3.00. The first-order valence-electron chi connectivity index (χ1n) is 5.92. The topological polar surface area (TPSA) is 29.1 Å². The van der Waals surface area contributed by atoms with Crippen LogP contribution in [0.2, 0.25) is 0 Å². The smallest absolute Gasteiger partial charge is 0.416 e. The van der Waals surface area contributed by atoms with E-state index in [1.54, 1.807) is 4.57 Å². The van der Waals surface area contributed by atoms with Crippen LogP contribution in [0.1, 0.15) is 26.7 Å². The Morgan fingerprint density at radius 3 is 2.65 bits per heavy atom. The van der Waals surface area contributed by atoms with Crippen LogP contribution in [0.3, 0.4) is 0 Å². The lowest BCUT2D eigenvalue weighted by Gasteiger charge is -2.34. The highest BCUT2D eigenvalue weighted by molar-refractivity contribution is 5.76. The van der Waals surface area contributed by atoms with Crippen LogP contribution >= 0.6 is 0 Å². The van der Waals surface area contributed by atoms with Crippen molar-refractivity contribution >= 4 is 6.03 Å². The van der Waals surface area contributed by atoms with Gasteiger partial charge in [0.1, 0.15) is 12.4 Å². The average molecular weight is 349 g/mol. The van der Waals surface area contributed by atoms with Crippen molar-refractivity contribution in [2.45, 2.75) is 32.7 Å². The fourth-order valence-corrected chi connectivity index (χ4v) is 2.27. The number of halogens is 1. The molecule has 0 spiro atoms. The van der Waals surface area contributed by atoms with Gasteiger partial charge in [0.25, 0.3) is 6.33 Å². The number of piperidine rings is 1. The lowest BCUT2D eigenvalue weighted by molar-refractivity contribution is -0.670. The number of rotatable bonds is 0. The molecule has 0 N–H and O–H groups in total. The monoisotopic (exact) mass is 349 g/mol. The van der Waals surface area contributed by atoms with Crippen LogP contribution in [0, 0.1) is 5.92 Å². The minimum atomic E-state index is 0. The molecule has 0 aromatic carbocycles. The normalized spacial score (nSPS) is 24.3. The largest absolute Gasteiger partial charge is 1.00 e. The Morgan fingerprint density at radius 2 is 2.06 bits per heavy atom. The molecule has 1 aliphatic rings. The van der Waals surface area contributed by atoms with Crippen LogP contribution in [-0.2, 0) is 7.05 Å². The highest BCUT2D eigenvalue weighted by Crippen LogP contribution is 2.21. The lowest BCUT2D eigenvalue weighted by atomic mass is 9.95. The fourth-order valence-electron chi connectivity index (χ4n) is 2.27. The minimum Gasteiger partial charge on any atom is -1.00 e. The summed E-state index contributed by atoms with van der Waals surface area (Å²) in [7, 11) is 1.92. The number of hydrogen-bond acceptors (Lipinski definition) is 1. The van der Waals surface area contributed by atoms with E-state index >= 15 is 0 Å². The van der Waals surface area contributed by atoms with Gasteiger partial charge in [0.2, 0.25) is 0 Å². The van der Waals surface area contributed by atoms with E-state index in [0.717, 1.165) is 13.0 Å². The summed E-state index contributed by atoms with van der Waals surface area (Å²) in [5, 5.41) is 0. The maximum atomic E-state index is 12.2. The number of amides is 1. The molecule has 0 aliphatic carbocycles. The first-order chi connectivity index (χ1) is 7.58. The summed E-state index contributed by atoms with van der Waals surface area (Å²) in [4.78, 5) is 14.2. The van der Waals surface area contributed by atoms with Gasteiger partial charge in [-0.3, -0.25) is 0 Å². The molecule has 1 aromatic heterocycles. The summed E-state index contributed by atoms with van der Waals surface area (Å²) in [6.07, 6.45) is 7.85. The molecule has 2 heterocycles. The summed E-state index contributed by atoms with van der Waals surface area (Å²) < 4.78 is 3.55. The molecule has 0 saturated carbocycles. The molecule has 0 bridgehead atoms. The van der Waals surface area contributed by atoms with Crippen LogP contribution in [0.25, 0.3) is 0 Å². The number of nitrogens with zero attached hydrogens (tertiary/aromatic N) is 3. The maximum absolute atomic E-state index is 12.2. The third-order valence-corrected chi connectivity index (χ3v) is 3.35. The maximum Gasteiger partial charge on any atom is 0.416 e. The van der Waals surface area contributed by atoms with Gasteiger partial charge in [-0.05, 0) is 25.7 Å². The molecule has 2 atom stereocenters. The highest BCUT2D eigenvalue weighted by Gasteiger charge is 2.30. The first-order valence-corrected chi connectivity index (χ1v) is 5.92. The summed E-state index contributed by atoms with van der Waals surface area (Å²) in [5.74, 6) is 0.615. The van der Waals surface area contributed by atoms with Gasteiger partial charge in [-0.25, -0.2) is 9.36 Å². The Kier molecular flexibility index (Phi) is 4.97. The number of carbonyl (C=O) groups excluding carboxylic acids is 1. The van der Waals surface area contributed by atoms with Crippen LogP contribution in [0.5, 0.6) is 0 Å². The summed E-state index contributed by atoms with van der Waals surface area (Å²) in [5.41, 5.74) is 0. The number of imidazole rings is 1. The van der Waals surface area contributed by atoms with Crippen molar-refractivity contribution in [3.8, 4) is 0 Å². The van der Waals surface area contributed by atoms with E-state index in [4.69, 9.17) is 0 Å². The first kappa shape index (κ1) is 14.5. The third-order valence-electron chi connectivity index (χ3n) is 3.35. The molecule has 96 valence electrons. The second-order valence-corrected chi connectivity index (χ2v) is 4.95. The molecular weight excluding hydrogens is 329 g/mol. The van der Waals surface area contributed by atoms with Gasteiger partial charge in [-0.1, -0.05) is 6.92 Å².